The lowest BCUT2D eigenvalue weighted by molar-refractivity contribution is -0.274. The molecule has 100 valence electrons. The van der Waals surface area contributed by atoms with Crippen LogP contribution in [0.4, 0.5) is 18.9 Å². The van der Waals surface area contributed by atoms with Gasteiger partial charge in [-0.15, -0.1) is 13.2 Å². The molecule has 7 heteroatoms. The summed E-state index contributed by atoms with van der Waals surface area (Å²) in [6.07, 6.45) is -1.44. The Morgan fingerprint density at radius 1 is 1.05 bits per heavy atom. The van der Waals surface area contributed by atoms with Gasteiger partial charge in [0.05, 0.1) is 6.54 Å². The van der Waals surface area contributed by atoms with Crippen LogP contribution < -0.4 is 10.1 Å². The molecule has 0 bridgehead atoms. The van der Waals surface area contributed by atoms with Crippen LogP contribution >= 0.6 is 0 Å². The van der Waals surface area contributed by atoms with Crippen molar-refractivity contribution in [3.63, 3.8) is 0 Å². The van der Waals surface area contributed by atoms with Gasteiger partial charge in [-0.3, -0.25) is 0 Å². The number of nitrogens with zero attached hydrogens (tertiary/aromatic N) is 2. The first-order valence-corrected chi connectivity index (χ1v) is 5.38. The standard InChI is InChI=1S/C12H10F3N3O/c13-12(14,15)19-10-4-2-9(3-5-10)18-8-11-16-6-1-7-17-11/h1-7,18H,8H2. The summed E-state index contributed by atoms with van der Waals surface area (Å²) in [7, 11) is 0. The zero-order chi connectivity index (χ0) is 13.7. The first-order valence-electron chi connectivity index (χ1n) is 5.38. The van der Waals surface area contributed by atoms with E-state index in [0.717, 1.165) is 0 Å². The highest BCUT2D eigenvalue weighted by atomic mass is 19.4. The molecule has 1 N–H and O–H groups in total. The second-order valence-electron chi connectivity index (χ2n) is 3.59. The molecule has 0 unspecified atom stereocenters. The third-order valence-electron chi connectivity index (χ3n) is 2.16. The number of rotatable bonds is 4. The third-order valence-corrected chi connectivity index (χ3v) is 2.16. The second kappa shape index (κ2) is 5.55. The number of hydrogen-bond acceptors (Lipinski definition) is 4. The minimum atomic E-state index is -4.67. The predicted molar refractivity (Wildman–Crippen MR) is 62.5 cm³/mol. The maximum atomic E-state index is 12.0. The molecule has 0 aliphatic rings. The molecule has 2 rings (SSSR count). The quantitative estimate of drug-likeness (QED) is 0.926. The van der Waals surface area contributed by atoms with E-state index in [-0.39, 0.29) is 5.75 Å². The van der Waals surface area contributed by atoms with Crippen molar-refractivity contribution in [1.29, 1.82) is 0 Å². The largest absolute Gasteiger partial charge is 0.573 e. The van der Waals surface area contributed by atoms with Gasteiger partial charge in [0.2, 0.25) is 0 Å². The topological polar surface area (TPSA) is 47.0 Å². The van der Waals surface area contributed by atoms with E-state index in [1.54, 1.807) is 18.5 Å². The average molecular weight is 269 g/mol. The van der Waals surface area contributed by atoms with Gasteiger partial charge in [0.15, 0.2) is 0 Å². The van der Waals surface area contributed by atoms with Gasteiger partial charge in [-0.1, -0.05) is 0 Å². The minimum Gasteiger partial charge on any atom is -0.406 e. The fraction of sp³-hybridized carbons (Fsp3) is 0.167. The van der Waals surface area contributed by atoms with Crippen LogP contribution in [0.1, 0.15) is 5.82 Å². The fourth-order valence-corrected chi connectivity index (χ4v) is 1.38. The van der Waals surface area contributed by atoms with Crippen molar-refractivity contribution in [3.8, 4) is 5.75 Å². The Balaban J connectivity index is 1.92. The zero-order valence-corrected chi connectivity index (χ0v) is 9.69. The molecule has 2 aromatic rings. The Bertz CT molecular complexity index is 514. The molecule has 4 nitrogen and oxygen atoms in total. The normalized spacial score (nSPS) is 11.1. The van der Waals surface area contributed by atoms with Crippen LogP contribution in [0.15, 0.2) is 42.7 Å². The highest BCUT2D eigenvalue weighted by Gasteiger charge is 2.30. The van der Waals surface area contributed by atoms with Gasteiger partial charge in [0, 0.05) is 18.1 Å². The number of nitrogens with one attached hydrogen (secondary N) is 1. The molecule has 0 spiro atoms. The molecule has 19 heavy (non-hydrogen) atoms. The average Bonchev–Trinajstić information content (AvgIpc) is 2.37. The van der Waals surface area contributed by atoms with E-state index in [1.165, 1.54) is 24.3 Å². The lowest BCUT2D eigenvalue weighted by Gasteiger charge is -2.10. The van der Waals surface area contributed by atoms with Crippen LogP contribution in [-0.2, 0) is 6.54 Å². The maximum absolute atomic E-state index is 12.0. The summed E-state index contributed by atoms with van der Waals surface area (Å²) in [6, 6.07) is 7.16. The Morgan fingerprint density at radius 2 is 1.68 bits per heavy atom. The van der Waals surface area contributed by atoms with Gasteiger partial charge in [-0.05, 0) is 30.3 Å². The zero-order valence-electron chi connectivity index (χ0n) is 9.69. The SMILES string of the molecule is FC(F)(F)Oc1ccc(NCc2ncccn2)cc1. The molecule has 0 aliphatic carbocycles. The maximum Gasteiger partial charge on any atom is 0.573 e. The number of hydrogen-bond donors (Lipinski definition) is 1. The third kappa shape index (κ3) is 4.46. The molecule has 0 atom stereocenters. The smallest absolute Gasteiger partial charge is 0.406 e. The van der Waals surface area contributed by atoms with E-state index in [0.29, 0.717) is 18.1 Å². The van der Waals surface area contributed by atoms with Crippen molar-refractivity contribution in [2.75, 3.05) is 5.32 Å². The van der Waals surface area contributed by atoms with Crippen molar-refractivity contribution in [2.45, 2.75) is 12.9 Å². The molecular formula is C12H10F3N3O. The molecule has 1 aromatic heterocycles. The lowest BCUT2D eigenvalue weighted by Crippen LogP contribution is -2.17. The first-order chi connectivity index (χ1) is 9.03. The molecule has 0 amide bonds. The fourth-order valence-electron chi connectivity index (χ4n) is 1.38. The first kappa shape index (κ1) is 13.1. The molecule has 0 saturated carbocycles. The van der Waals surface area contributed by atoms with E-state index in [9.17, 15) is 13.2 Å². The summed E-state index contributed by atoms with van der Waals surface area (Å²) in [4.78, 5) is 8.03. The molecule has 0 fully saturated rings. The molecule has 0 radical (unpaired) electrons. The highest BCUT2D eigenvalue weighted by molar-refractivity contribution is 5.46. The van der Waals surface area contributed by atoms with E-state index in [2.05, 4.69) is 20.0 Å². The van der Waals surface area contributed by atoms with Crippen LogP contribution in [0, 0.1) is 0 Å². The van der Waals surface area contributed by atoms with Crippen LogP contribution in [0.3, 0.4) is 0 Å². The summed E-state index contributed by atoms with van der Waals surface area (Å²) < 4.78 is 39.6. The number of anilines is 1. The highest BCUT2D eigenvalue weighted by Crippen LogP contribution is 2.23. The van der Waals surface area contributed by atoms with E-state index in [4.69, 9.17) is 0 Å². The number of benzene rings is 1. The number of alkyl halides is 3. The molecule has 0 aliphatic heterocycles. The van der Waals surface area contributed by atoms with Gasteiger partial charge >= 0.3 is 6.36 Å². The molecule has 0 saturated heterocycles. The second-order valence-corrected chi connectivity index (χ2v) is 3.59. The molecule has 1 aromatic carbocycles. The van der Waals surface area contributed by atoms with Crippen molar-refractivity contribution in [1.82, 2.24) is 9.97 Å². The Morgan fingerprint density at radius 3 is 2.26 bits per heavy atom. The Labute approximate surface area is 107 Å². The van der Waals surface area contributed by atoms with Crippen LogP contribution in [0.5, 0.6) is 5.75 Å². The van der Waals surface area contributed by atoms with Gasteiger partial charge in [0.25, 0.3) is 0 Å². The van der Waals surface area contributed by atoms with Crippen LogP contribution in [0.25, 0.3) is 0 Å². The number of ether oxygens (including phenoxy) is 1. The minimum absolute atomic E-state index is 0.256. The summed E-state index contributed by atoms with van der Waals surface area (Å²) in [6.45, 7) is 0.389. The van der Waals surface area contributed by atoms with E-state index < -0.39 is 6.36 Å². The Kier molecular flexibility index (Phi) is 3.84. The lowest BCUT2D eigenvalue weighted by atomic mass is 10.3. The van der Waals surface area contributed by atoms with Gasteiger partial charge < -0.3 is 10.1 Å². The van der Waals surface area contributed by atoms with E-state index in [1.807, 2.05) is 0 Å². The van der Waals surface area contributed by atoms with Gasteiger partial charge in [-0.25, -0.2) is 9.97 Å². The van der Waals surface area contributed by atoms with Crippen molar-refractivity contribution >= 4 is 5.69 Å². The monoisotopic (exact) mass is 269 g/mol. The summed E-state index contributed by atoms with van der Waals surface area (Å²) in [5.41, 5.74) is 0.655. The Hall–Kier alpha value is -2.31. The summed E-state index contributed by atoms with van der Waals surface area (Å²) in [5, 5.41) is 2.99. The van der Waals surface area contributed by atoms with Crippen molar-refractivity contribution in [3.05, 3.63) is 48.5 Å². The predicted octanol–water partition coefficient (Wildman–Crippen LogP) is 2.99. The number of aromatic nitrogens is 2. The molecule has 1 heterocycles. The van der Waals surface area contributed by atoms with Gasteiger partial charge in [-0.2, -0.15) is 0 Å². The van der Waals surface area contributed by atoms with Crippen LogP contribution in [0.2, 0.25) is 0 Å². The van der Waals surface area contributed by atoms with Crippen molar-refractivity contribution < 1.29 is 17.9 Å². The summed E-state index contributed by atoms with van der Waals surface area (Å²) >= 11 is 0. The van der Waals surface area contributed by atoms with Crippen molar-refractivity contribution in [2.24, 2.45) is 0 Å². The number of halogens is 3. The van der Waals surface area contributed by atoms with Crippen LogP contribution in [-0.4, -0.2) is 16.3 Å². The van der Waals surface area contributed by atoms with Gasteiger partial charge in [0.1, 0.15) is 11.6 Å². The van der Waals surface area contributed by atoms with E-state index >= 15 is 0 Å². The summed E-state index contributed by atoms with van der Waals surface area (Å²) in [5.74, 6) is 0.340. The molecular weight excluding hydrogens is 259 g/mol.